The van der Waals surface area contributed by atoms with E-state index in [4.69, 9.17) is 16.3 Å². The molecule has 2 aromatic rings. The zero-order valence-corrected chi connectivity index (χ0v) is 15.9. The molecule has 0 atom stereocenters. The maximum absolute atomic E-state index is 12.7. The fraction of sp³-hybridized carbons (Fsp3) is 0.524. The van der Waals surface area contributed by atoms with Crippen molar-refractivity contribution in [3.63, 3.8) is 0 Å². The molecule has 0 radical (unpaired) electrons. The number of hydrogen-bond donors (Lipinski definition) is 1. The average molecular weight is 386 g/mol. The van der Waals surface area contributed by atoms with Crippen LogP contribution in [0.3, 0.4) is 0 Å². The van der Waals surface area contributed by atoms with Crippen LogP contribution in [0.25, 0.3) is 0 Å². The summed E-state index contributed by atoms with van der Waals surface area (Å²) in [6.45, 7) is 0.257. The summed E-state index contributed by atoms with van der Waals surface area (Å²) in [5.41, 5.74) is 0.462. The molecule has 4 fully saturated rings. The van der Waals surface area contributed by atoms with Gasteiger partial charge in [-0.3, -0.25) is 4.79 Å². The number of rotatable bonds is 5. The van der Waals surface area contributed by atoms with Crippen molar-refractivity contribution in [1.29, 1.82) is 0 Å². The van der Waals surface area contributed by atoms with Gasteiger partial charge < -0.3 is 10.1 Å². The summed E-state index contributed by atoms with van der Waals surface area (Å²) in [5.74, 6) is 3.81. The Labute approximate surface area is 164 Å². The lowest BCUT2D eigenvalue weighted by molar-refractivity contribution is -0.0120. The first-order chi connectivity index (χ1) is 13.1. The molecule has 27 heavy (non-hydrogen) atoms. The quantitative estimate of drug-likeness (QED) is 0.841. The Morgan fingerprint density at radius 2 is 1.74 bits per heavy atom. The van der Waals surface area contributed by atoms with Gasteiger partial charge in [0.15, 0.2) is 6.73 Å². The zero-order valence-electron chi connectivity index (χ0n) is 15.2. The van der Waals surface area contributed by atoms with Crippen LogP contribution in [-0.4, -0.2) is 21.7 Å². The number of carbonyl (C=O) groups excluding carboxylic acids is 1. The van der Waals surface area contributed by atoms with E-state index < -0.39 is 0 Å². The van der Waals surface area contributed by atoms with E-state index in [1.54, 1.807) is 29.1 Å². The van der Waals surface area contributed by atoms with Crippen molar-refractivity contribution in [1.82, 2.24) is 15.1 Å². The zero-order chi connectivity index (χ0) is 18.4. The van der Waals surface area contributed by atoms with E-state index >= 15 is 0 Å². The average Bonchev–Trinajstić information content (AvgIpc) is 3.13. The number of carbonyl (C=O) groups is 1. The molecule has 0 aliphatic heterocycles. The van der Waals surface area contributed by atoms with Crippen LogP contribution in [0.5, 0.6) is 5.75 Å². The Hall–Kier alpha value is -2.01. The standard InChI is InChI=1S/C21H24ClN3O2/c22-17-1-3-18(4-2-17)27-12-25-6-5-19(24-25)21(26)23-20-15-8-13-7-14(10-15)11-16(20)9-13/h1-6,13-16,20H,7-12H2,(H,23,26). The van der Waals surface area contributed by atoms with E-state index in [9.17, 15) is 4.79 Å². The second kappa shape index (κ2) is 6.86. The van der Waals surface area contributed by atoms with Gasteiger partial charge in [0.1, 0.15) is 11.4 Å². The second-order valence-corrected chi connectivity index (χ2v) is 8.83. The third kappa shape index (κ3) is 3.45. The van der Waals surface area contributed by atoms with Crippen LogP contribution >= 0.6 is 11.6 Å². The number of hydrogen-bond acceptors (Lipinski definition) is 3. The maximum Gasteiger partial charge on any atom is 0.272 e. The predicted octanol–water partition coefficient (Wildman–Crippen LogP) is 4.13. The molecule has 0 spiro atoms. The highest BCUT2D eigenvalue weighted by Gasteiger charge is 2.48. The van der Waals surface area contributed by atoms with Crippen molar-refractivity contribution in [3.8, 4) is 5.75 Å². The maximum atomic E-state index is 12.7. The van der Waals surface area contributed by atoms with Gasteiger partial charge in [0.25, 0.3) is 5.91 Å². The SMILES string of the molecule is O=C(NC1C2CC3CC(C2)CC1C3)c1ccn(COc2ccc(Cl)cc2)n1. The van der Waals surface area contributed by atoms with Gasteiger partial charge in [-0.2, -0.15) is 5.10 Å². The van der Waals surface area contributed by atoms with Crippen molar-refractivity contribution in [2.24, 2.45) is 23.7 Å². The molecular formula is C21H24ClN3O2. The molecule has 1 aromatic carbocycles. The lowest BCUT2D eigenvalue weighted by atomic mass is 9.54. The topological polar surface area (TPSA) is 56.2 Å². The van der Waals surface area contributed by atoms with Gasteiger partial charge >= 0.3 is 0 Å². The number of aromatic nitrogens is 2. The Balaban J connectivity index is 1.19. The molecule has 4 aliphatic carbocycles. The lowest BCUT2D eigenvalue weighted by Gasteiger charge is -2.54. The summed E-state index contributed by atoms with van der Waals surface area (Å²) in [6, 6.07) is 9.28. The van der Waals surface area contributed by atoms with Gasteiger partial charge in [-0.1, -0.05) is 11.6 Å². The van der Waals surface area contributed by atoms with E-state index in [0.29, 0.717) is 28.6 Å². The van der Waals surface area contributed by atoms with E-state index in [0.717, 1.165) is 17.6 Å². The molecule has 6 rings (SSSR count). The first-order valence-corrected chi connectivity index (χ1v) is 10.2. The van der Waals surface area contributed by atoms with Gasteiger partial charge in [0.05, 0.1) is 0 Å². The molecule has 6 heteroatoms. The van der Waals surface area contributed by atoms with Gasteiger partial charge in [0.2, 0.25) is 0 Å². The number of ether oxygens (including phenoxy) is 1. The second-order valence-electron chi connectivity index (χ2n) is 8.40. The normalized spacial score (nSPS) is 31.1. The molecular weight excluding hydrogens is 362 g/mol. The number of benzene rings is 1. The summed E-state index contributed by atoms with van der Waals surface area (Å²) >= 11 is 5.87. The highest BCUT2D eigenvalue weighted by atomic mass is 35.5. The van der Waals surface area contributed by atoms with E-state index in [2.05, 4.69) is 10.4 Å². The fourth-order valence-corrected chi connectivity index (χ4v) is 5.74. The lowest BCUT2D eigenvalue weighted by Crippen LogP contribution is -2.55. The van der Waals surface area contributed by atoms with Crippen LogP contribution in [-0.2, 0) is 6.73 Å². The van der Waals surface area contributed by atoms with Crippen LogP contribution in [0.15, 0.2) is 36.5 Å². The Morgan fingerprint density at radius 1 is 1.07 bits per heavy atom. The summed E-state index contributed by atoms with van der Waals surface area (Å²) in [5, 5.41) is 8.35. The molecule has 1 amide bonds. The summed E-state index contributed by atoms with van der Waals surface area (Å²) in [7, 11) is 0. The fourth-order valence-electron chi connectivity index (χ4n) is 5.61. The van der Waals surface area contributed by atoms with Crippen molar-refractivity contribution in [2.75, 3.05) is 0 Å². The summed E-state index contributed by atoms with van der Waals surface area (Å²) < 4.78 is 7.32. The highest BCUT2D eigenvalue weighted by Crippen LogP contribution is 2.53. The third-order valence-corrected chi connectivity index (χ3v) is 6.83. The smallest absolute Gasteiger partial charge is 0.272 e. The van der Waals surface area contributed by atoms with Crippen molar-refractivity contribution in [3.05, 3.63) is 47.2 Å². The van der Waals surface area contributed by atoms with Crippen molar-refractivity contribution in [2.45, 2.75) is 44.9 Å². The Bertz CT molecular complexity index is 804. The molecule has 4 saturated carbocycles. The van der Waals surface area contributed by atoms with Gasteiger partial charge in [-0.05, 0) is 86.1 Å². The molecule has 1 heterocycles. The molecule has 0 saturated heterocycles. The molecule has 4 aliphatic rings. The van der Waals surface area contributed by atoms with Crippen LogP contribution in [0.2, 0.25) is 5.02 Å². The Morgan fingerprint density at radius 3 is 2.41 bits per heavy atom. The first-order valence-electron chi connectivity index (χ1n) is 9.87. The van der Waals surface area contributed by atoms with Crippen LogP contribution in [0, 0.1) is 23.7 Å². The monoisotopic (exact) mass is 385 g/mol. The van der Waals surface area contributed by atoms with Crippen molar-refractivity contribution >= 4 is 17.5 Å². The predicted molar refractivity (Wildman–Crippen MR) is 103 cm³/mol. The summed E-state index contributed by atoms with van der Waals surface area (Å²) in [4.78, 5) is 12.7. The van der Waals surface area contributed by atoms with Crippen molar-refractivity contribution < 1.29 is 9.53 Å². The van der Waals surface area contributed by atoms with Crippen LogP contribution < -0.4 is 10.1 Å². The number of nitrogens with zero attached hydrogens (tertiary/aromatic N) is 2. The number of halogens is 1. The minimum Gasteiger partial charge on any atom is -0.471 e. The molecule has 1 aromatic heterocycles. The van der Waals surface area contributed by atoms with Crippen LogP contribution in [0.1, 0.15) is 42.6 Å². The molecule has 142 valence electrons. The van der Waals surface area contributed by atoms with Crippen LogP contribution in [0.4, 0.5) is 0 Å². The van der Waals surface area contributed by atoms with E-state index in [1.807, 2.05) is 12.1 Å². The van der Waals surface area contributed by atoms with Gasteiger partial charge in [-0.15, -0.1) is 0 Å². The summed E-state index contributed by atoms with van der Waals surface area (Å²) in [6.07, 6.45) is 8.37. The third-order valence-electron chi connectivity index (χ3n) is 6.57. The number of amides is 1. The van der Waals surface area contributed by atoms with Gasteiger partial charge in [0, 0.05) is 17.3 Å². The highest BCUT2D eigenvalue weighted by molar-refractivity contribution is 6.30. The minimum absolute atomic E-state index is 0.0577. The van der Waals surface area contributed by atoms with E-state index in [-0.39, 0.29) is 12.6 Å². The molecule has 1 N–H and O–H groups in total. The molecule has 0 unspecified atom stereocenters. The first kappa shape index (κ1) is 17.1. The van der Waals surface area contributed by atoms with Gasteiger partial charge in [-0.25, -0.2) is 4.68 Å². The Kier molecular flexibility index (Phi) is 4.35. The van der Waals surface area contributed by atoms with E-state index in [1.165, 1.54) is 32.1 Å². The molecule has 4 bridgehead atoms. The largest absolute Gasteiger partial charge is 0.471 e. The minimum atomic E-state index is -0.0577. The number of nitrogens with one attached hydrogen (secondary N) is 1. The molecule has 5 nitrogen and oxygen atoms in total.